The van der Waals surface area contributed by atoms with Crippen LogP contribution >= 0.6 is 11.3 Å². The van der Waals surface area contributed by atoms with E-state index >= 15 is 0 Å². The highest BCUT2D eigenvalue weighted by Gasteiger charge is 2.03. The fourth-order valence-electron chi connectivity index (χ4n) is 1.03. The number of nitrogens with one attached hydrogen (secondary N) is 1. The van der Waals surface area contributed by atoms with Crippen molar-refractivity contribution in [1.82, 2.24) is 10.3 Å². The maximum Gasteiger partial charge on any atom is 0.127 e. The third-order valence-electron chi connectivity index (χ3n) is 1.68. The van der Waals surface area contributed by atoms with E-state index in [0.29, 0.717) is 0 Å². The fraction of sp³-hybridized carbons (Fsp3) is 0.500. The van der Waals surface area contributed by atoms with Gasteiger partial charge in [-0.25, -0.2) is 4.98 Å². The standard InChI is InChI=1S/C10H14N2S/c1-4-6-11-7-10-12-9(5-2)8(3)13-10/h2,11H,4,6-7H2,1,3H3. The molecular formula is C10H14N2S. The van der Waals surface area contributed by atoms with Gasteiger partial charge in [0.15, 0.2) is 0 Å². The van der Waals surface area contributed by atoms with Gasteiger partial charge >= 0.3 is 0 Å². The number of thiazole rings is 1. The number of aryl methyl sites for hydroxylation is 1. The summed E-state index contributed by atoms with van der Waals surface area (Å²) in [5.41, 5.74) is 0.790. The predicted octanol–water partition coefficient (Wildman–Crippen LogP) is 1.93. The van der Waals surface area contributed by atoms with Crippen LogP contribution in [0.1, 0.15) is 28.9 Å². The van der Waals surface area contributed by atoms with Crippen molar-refractivity contribution in [2.75, 3.05) is 6.54 Å². The molecule has 13 heavy (non-hydrogen) atoms. The molecule has 0 fully saturated rings. The number of terminal acetylenes is 1. The van der Waals surface area contributed by atoms with Crippen LogP contribution in [0.2, 0.25) is 0 Å². The summed E-state index contributed by atoms with van der Waals surface area (Å²) in [6, 6.07) is 0. The van der Waals surface area contributed by atoms with Crippen LogP contribution in [0.4, 0.5) is 0 Å². The fourth-order valence-corrected chi connectivity index (χ4v) is 1.90. The largest absolute Gasteiger partial charge is 0.310 e. The number of hydrogen-bond donors (Lipinski definition) is 1. The molecule has 1 aromatic heterocycles. The van der Waals surface area contributed by atoms with Crippen molar-refractivity contribution in [3.8, 4) is 12.3 Å². The van der Waals surface area contributed by atoms with Gasteiger partial charge in [0.25, 0.3) is 0 Å². The molecular weight excluding hydrogens is 180 g/mol. The first-order valence-electron chi connectivity index (χ1n) is 4.41. The zero-order chi connectivity index (χ0) is 9.68. The molecule has 1 heterocycles. The van der Waals surface area contributed by atoms with Gasteiger partial charge in [0.1, 0.15) is 10.7 Å². The van der Waals surface area contributed by atoms with Crippen molar-refractivity contribution in [2.24, 2.45) is 0 Å². The molecule has 0 aliphatic carbocycles. The molecule has 0 aliphatic heterocycles. The average molecular weight is 194 g/mol. The average Bonchev–Trinajstić information content (AvgIpc) is 2.47. The molecule has 0 radical (unpaired) electrons. The molecule has 0 saturated heterocycles. The number of aromatic nitrogens is 1. The lowest BCUT2D eigenvalue weighted by Gasteiger charge is -1.97. The zero-order valence-corrected chi connectivity index (χ0v) is 8.87. The molecule has 70 valence electrons. The van der Waals surface area contributed by atoms with E-state index in [4.69, 9.17) is 6.42 Å². The van der Waals surface area contributed by atoms with Gasteiger partial charge in [-0.15, -0.1) is 17.8 Å². The highest BCUT2D eigenvalue weighted by molar-refractivity contribution is 7.11. The number of nitrogens with zero attached hydrogens (tertiary/aromatic N) is 1. The Morgan fingerprint density at radius 2 is 2.38 bits per heavy atom. The summed E-state index contributed by atoms with van der Waals surface area (Å²) in [4.78, 5) is 5.45. The van der Waals surface area contributed by atoms with Gasteiger partial charge in [0.2, 0.25) is 0 Å². The van der Waals surface area contributed by atoms with Crippen molar-refractivity contribution in [3.05, 3.63) is 15.6 Å². The third-order valence-corrected chi connectivity index (χ3v) is 2.65. The Labute approximate surface area is 83.4 Å². The van der Waals surface area contributed by atoms with Gasteiger partial charge in [-0.3, -0.25) is 0 Å². The van der Waals surface area contributed by atoms with E-state index in [1.54, 1.807) is 11.3 Å². The molecule has 0 aliphatic rings. The first-order chi connectivity index (χ1) is 6.27. The van der Waals surface area contributed by atoms with Crippen molar-refractivity contribution >= 4 is 11.3 Å². The summed E-state index contributed by atoms with van der Waals surface area (Å²) < 4.78 is 0. The van der Waals surface area contributed by atoms with Crippen LogP contribution in [0.3, 0.4) is 0 Å². The van der Waals surface area contributed by atoms with E-state index in [9.17, 15) is 0 Å². The van der Waals surface area contributed by atoms with Gasteiger partial charge in [-0.2, -0.15) is 0 Å². The molecule has 0 unspecified atom stereocenters. The Kier molecular flexibility index (Phi) is 3.94. The molecule has 0 saturated carbocycles. The minimum absolute atomic E-state index is 0.790. The molecule has 0 amide bonds. The first-order valence-corrected chi connectivity index (χ1v) is 5.23. The Morgan fingerprint density at radius 1 is 1.62 bits per heavy atom. The van der Waals surface area contributed by atoms with Crippen molar-refractivity contribution < 1.29 is 0 Å². The Bertz CT molecular complexity index is 309. The second-order valence-electron chi connectivity index (χ2n) is 2.83. The zero-order valence-electron chi connectivity index (χ0n) is 8.05. The van der Waals surface area contributed by atoms with Gasteiger partial charge < -0.3 is 5.32 Å². The summed E-state index contributed by atoms with van der Waals surface area (Å²) in [6.45, 7) is 6.02. The summed E-state index contributed by atoms with van der Waals surface area (Å²) in [5.74, 6) is 2.58. The number of hydrogen-bond acceptors (Lipinski definition) is 3. The molecule has 1 aromatic rings. The van der Waals surface area contributed by atoms with Crippen LogP contribution in [-0.2, 0) is 6.54 Å². The first kappa shape index (κ1) is 10.2. The summed E-state index contributed by atoms with van der Waals surface area (Å²) in [5, 5.41) is 4.38. The monoisotopic (exact) mass is 194 g/mol. The van der Waals surface area contributed by atoms with Gasteiger partial charge in [0.05, 0.1) is 0 Å². The molecule has 3 heteroatoms. The molecule has 0 bridgehead atoms. The molecule has 0 spiro atoms. The third kappa shape index (κ3) is 2.83. The SMILES string of the molecule is C#Cc1nc(CNCCC)sc1C. The quantitative estimate of drug-likeness (QED) is 0.585. The van der Waals surface area contributed by atoms with Gasteiger partial charge in [-0.05, 0) is 25.8 Å². The van der Waals surface area contributed by atoms with Crippen LogP contribution in [0.25, 0.3) is 0 Å². The second-order valence-corrected chi connectivity index (χ2v) is 4.12. The van der Waals surface area contributed by atoms with Crippen molar-refractivity contribution in [1.29, 1.82) is 0 Å². The lowest BCUT2D eigenvalue weighted by Crippen LogP contribution is -2.13. The van der Waals surface area contributed by atoms with E-state index in [2.05, 4.69) is 23.1 Å². The topological polar surface area (TPSA) is 24.9 Å². The van der Waals surface area contributed by atoms with Gasteiger partial charge in [0, 0.05) is 11.4 Å². The van der Waals surface area contributed by atoms with Crippen LogP contribution in [0.5, 0.6) is 0 Å². The van der Waals surface area contributed by atoms with E-state index in [0.717, 1.165) is 35.1 Å². The summed E-state index contributed by atoms with van der Waals surface area (Å²) in [7, 11) is 0. The molecule has 2 nitrogen and oxygen atoms in total. The molecule has 1 N–H and O–H groups in total. The normalized spacial score (nSPS) is 9.92. The molecule has 1 rings (SSSR count). The number of rotatable bonds is 4. The summed E-state index contributed by atoms with van der Waals surface area (Å²) in [6.07, 6.45) is 6.44. The Hall–Kier alpha value is -0.850. The molecule has 0 atom stereocenters. The smallest absolute Gasteiger partial charge is 0.127 e. The minimum atomic E-state index is 0.790. The summed E-state index contributed by atoms with van der Waals surface area (Å²) >= 11 is 1.67. The maximum absolute atomic E-state index is 5.29. The highest BCUT2D eigenvalue weighted by Crippen LogP contribution is 2.15. The van der Waals surface area contributed by atoms with E-state index < -0.39 is 0 Å². The minimum Gasteiger partial charge on any atom is -0.310 e. The maximum atomic E-state index is 5.29. The van der Waals surface area contributed by atoms with E-state index in [-0.39, 0.29) is 0 Å². The Morgan fingerprint density at radius 3 is 2.92 bits per heavy atom. The lowest BCUT2D eigenvalue weighted by atomic mass is 10.4. The van der Waals surface area contributed by atoms with Crippen LogP contribution in [0, 0.1) is 19.3 Å². The van der Waals surface area contributed by atoms with Gasteiger partial charge in [-0.1, -0.05) is 6.92 Å². The van der Waals surface area contributed by atoms with E-state index in [1.165, 1.54) is 0 Å². The molecule has 0 aromatic carbocycles. The Balaban J connectivity index is 2.54. The van der Waals surface area contributed by atoms with Crippen LogP contribution in [0.15, 0.2) is 0 Å². The van der Waals surface area contributed by atoms with Crippen LogP contribution < -0.4 is 5.32 Å². The second kappa shape index (κ2) is 5.00. The highest BCUT2D eigenvalue weighted by atomic mass is 32.1. The van der Waals surface area contributed by atoms with Crippen molar-refractivity contribution in [3.63, 3.8) is 0 Å². The van der Waals surface area contributed by atoms with E-state index in [1.807, 2.05) is 6.92 Å². The lowest BCUT2D eigenvalue weighted by molar-refractivity contribution is 0.672. The van der Waals surface area contributed by atoms with Crippen molar-refractivity contribution in [2.45, 2.75) is 26.8 Å². The predicted molar refractivity (Wildman–Crippen MR) is 56.8 cm³/mol. The van der Waals surface area contributed by atoms with Crippen LogP contribution in [-0.4, -0.2) is 11.5 Å².